The third-order valence-corrected chi connectivity index (χ3v) is 7.83. The first kappa shape index (κ1) is 22.9. The molecule has 2 aliphatic carbocycles. The van der Waals surface area contributed by atoms with E-state index in [0.29, 0.717) is 11.2 Å². The summed E-state index contributed by atoms with van der Waals surface area (Å²) in [4.78, 5) is 2.13. The summed E-state index contributed by atoms with van der Waals surface area (Å²) in [5.41, 5.74) is 3.78. The minimum absolute atomic E-state index is 0.410. The largest absolute Gasteiger partial charge is 0.378 e. The first-order valence-corrected chi connectivity index (χ1v) is 13.0. The topological polar surface area (TPSA) is 34.0 Å². The quantitative estimate of drug-likeness (QED) is 0.417. The van der Waals surface area contributed by atoms with E-state index in [1.54, 1.807) is 0 Å². The zero-order valence-corrected chi connectivity index (χ0v) is 20.5. The second-order valence-electron chi connectivity index (χ2n) is 9.06. The Morgan fingerprint density at radius 2 is 1.84 bits per heavy atom. The summed E-state index contributed by atoms with van der Waals surface area (Å²) < 4.78 is 2.29. The minimum atomic E-state index is 0.410. The number of anilines is 1. The Hall–Kier alpha value is -2.27. The number of rotatable bonds is 8. The number of nitrogens with zero attached hydrogens (tertiary/aromatic N) is 4. The lowest BCUT2D eigenvalue weighted by Crippen LogP contribution is -2.22. The van der Waals surface area contributed by atoms with Gasteiger partial charge in [0.25, 0.3) is 0 Å². The predicted molar refractivity (Wildman–Crippen MR) is 137 cm³/mol. The maximum atomic E-state index is 4.72. The van der Waals surface area contributed by atoms with Crippen molar-refractivity contribution >= 4 is 17.4 Å². The van der Waals surface area contributed by atoms with Gasteiger partial charge in [-0.1, -0.05) is 68.3 Å². The summed E-state index contributed by atoms with van der Waals surface area (Å²) in [5.74, 6) is 1.74. The van der Waals surface area contributed by atoms with Crippen molar-refractivity contribution < 1.29 is 0 Å². The highest BCUT2D eigenvalue weighted by Gasteiger charge is 2.29. The highest BCUT2D eigenvalue weighted by Crippen LogP contribution is 2.41. The monoisotopic (exact) mass is 448 g/mol. The van der Waals surface area contributed by atoms with E-state index in [1.165, 1.54) is 43.4 Å². The first-order chi connectivity index (χ1) is 15.7. The molecule has 2 aromatic rings. The van der Waals surface area contributed by atoms with Gasteiger partial charge in [0.05, 0.1) is 0 Å². The van der Waals surface area contributed by atoms with Gasteiger partial charge in [-0.05, 0) is 61.4 Å². The molecule has 0 bridgehead atoms. The van der Waals surface area contributed by atoms with Gasteiger partial charge in [0.1, 0.15) is 5.82 Å². The molecule has 0 amide bonds. The van der Waals surface area contributed by atoms with Crippen LogP contribution >= 0.6 is 11.8 Å². The predicted octanol–water partition coefficient (Wildman–Crippen LogP) is 6.77. The van der Waals surface area contributed by atoms with Crippen molar-refractivity contribution in [3.8, 4) is 5.69 Å². The Labute approximate surface area is 197 Å². The van der Waals surface area contributed by atoms with Crippen LogP contribution in [0.25, 0.3) is 5.69 Å². The third kappa shape index (κ3) is 5.37. The van der Waals surface area contributed by atoms with Gasteiger partial charge in [-0.25, -0.2) is 0 Å². The van der Waals surface area contributed by atoms with Crippen LogP contribution < -0.4 is 4.90 Å². The fourth-order valence-electron chi connectivity index (χ4n) is 4.69. The SMILES string of the molecule is CCCc1nnc(SC(C2=CC=CCC=C2)C2CCCCC2)n1-c1ccc(N(C)C)cc1. The Morgan fingerprint density at radius 1 is 1.06 bits per heavy atom. The third-order valence-electron chi connectivity index (χ3n) is 6.44. The number of benzene rings is 1. The molecule has 1 aromatic heterocycles. The molecule has 1 saturated carbocycles. The lowest BCUT2D eigenvalue weighted by atomic mass is 9.84. The molecular formula is C27H36N4S. The standard InChI is InChI=1S/C27H36N4S/c1-4-12-25-28-29-27(31(25)24-19-17-23(18-20-24)30(2)3)32-26(22-15-10-7-11-16-22)21-13-8-5-6-9-14-21/h5,8-9,13-14,17-20,22,26H,4,6-7,10-12,15-16H2,1-3H3. The van der Waals surface area contributed by atoms with E-state index in [4.69, 9.17) is 5.10 Å². The molecule has 1 aromatic carbocycles. The molecule has 1 atom stereocenters. The van der Waals surface area contributed by atoms with Gasteiger partial charge < -0.3 is 4.90 Å². The molecular weight excluding hydrogens is 412 g/mol. The molecule has 4 rings (SSSR count). The molecule has 1 fully saturated rings. The van der Waals surface area contributed by atoms with Crippen LogP contribution in [0.3, 0.4) is 0 Å². The summed E-state index contributed by atoms with van der Waals surface area (Å²) in [6.45, 7) is 2.21. The van der Waals surface area contributed by atoms with Crippen molar-refractivity contribution in [2.45, 2.75) is 68.7 Å². The van der Waals surface area contributed by atoms with Gasteiger partial charge in [-0.3, -0.25) is 4.57 Å². The van der Waals surface area contributed by atoms with E-state index in [1.807, 2.05) is 11.8 Å². The lowest BCUT2D eigenvalue weighted by Gasteiger charge is -2.30. The average molecular weight is 449 g/mol. The highest BCUT2D eigenvalue weighted by atomic mass is 32.2. The maximum absolute atomic E-state index is 4.72. The van der Waals surface area contributed by atoms with Gasteiger partial charge in [0, 0.05) is 37.1 Å². The van der Waals surface area contributed by atoms with Crippen LogP contribution in [0.5, 0.6) is 0 Å². The van der Waals surface area contributed by atoms with Crippen LogP contribution in [0.1, 0.15) is 57.7 Å². The van der Waals surface area contributed by atoms with Gasteiger partial charge in [0.15, 0.2) is 5.16 Å². The number of hydrogen-bond acceptors (Lipinski definition) is 4. The van der Waals surface area contributed by atoms with Crippen LogP contribution in [0.2, 0.25) is 0 Å². The molecule has 2 aliphatic rings. The molecule has 0 spiro atoms. The summed E-state index contributed by atoms with van der Waals surface area (Å²) in [6.07, 6.45) is 21.1. The van der Waals surface area contributed by atoms with Crippen molar-refractivity contribution in [2.75, 3.05) is 19.0 Å². The second-order valence-corrected chi connectivity index (χ2v) is 10.2. The summed E-state index contributed by atoms with van der Waals surface area (Å²) >= 11 is 1.92. The Bertz CT molecular complexity index is 962. The minimum Gasteiger partial charge on any atom is -0.378 e. The molecule has 32 heavy (non-hydrogen) atoms. The molecule has 1 heterocycles. The molecule has 5 heteroatoms. The number of aryl methyl sites for hydroxylation is 1. The zero-order valence-electron chi connectivity index (χ0n) is 19.7. The van der Waals surface area contributed by atoms with Gasteiger partial charge in [0.2, 0.25) is 0 Å². The Kier molecular flexibility index (Phi) is 7.90. The van der Waals surface area contributed by atoms with E-state index in [-0.39, 0.29) is 0 Å². The van der Waals surface area contributed by atoms with E-state index < -0.39 is 0 Å². The fourth-order valence-corrected chi connectivity index (χ4v) is 6.08. The van der Waals surface area contributed by atoms with Gasteiger partial charge >= 0.3 is 0 Å². The van der Waals surface area contributed by atoms with Crippen molar-refractivity contribution in [2.24, 2.45) is 5.92 Å². The molecule has 0 N–H and O–H groups in total. The summed E-state index contributed by atoms with van der Waals surface area (Å²) in [6, 6.07) is 8.76. The Balaban J connectivity index is 1.70. The second kappa shape index (κ2) is 11.0. The number of thioether (sulfide) groups is 1. The van der Waals surface area contributed by atoms with Crippen molar-refractivity contribution in [1.82, 2.24) is 14.8 Å². The molecule has 0 saturated heterocycles. The summed E-state index contributed by atoms with van der Waals surface area (Å²) in [7, 11) is 4.16. The van der Waals surface area contributed by atoms with Crippen molar-refractivity contribution in [3.05, 3.63) is 66.0 Å². The highest BCUT2D eigenvalue weighted by molar-refractivity contribution is 8.00. The molecule has 0 aliphatic heterocycles. The summed E-state index contributed by atoms with van der Waals surface area (Å²) in [5, 5.41) is 10.8. The van der Waals surface area contributed by atoms with E-state index in [0.717, 1.165) is 35.9 Å². The van der Waals surface area contributed by atoms with Crippen LogP contribution in [-0.2, 0) is 6.42 Å². The molecule has 1 unspecified atom stereocenters. The van der Waals surface area contributed by atoms with Crippen LogP contribution in [0.4, 0.5) is 5.69 Å². The molecule has 4 nitrogen and oxygen atoms in total. The zero-order chi connectivity index (χ0) is 22.3. The van der Waals surface area contributed by atoms with Gasteiger partial charge in [-0.2, -0.15) is 0 Å². The molecule has 0 radical (unpaired) electrons. The van der Waals surface area contributed by atoms with Gasteiger partial charge in [-0.15, -0.1) is 10.2 Å². The van der Waals surface area contributed by atoms with Crippen LogP contribution in [0.15, 0.2) is 65.4 Å². The normalized spacial score (nSPS) is 17.8. The van der Waals surface area contributed by atoms with E-state index >= 15 is 0 Å². The van der Waals surface area contributed by atoms with E-state index in [9.17, 15) is 0 Å². The Morgan fingerprint density at radius 3 is 2.56 bits per heavy atom. The smallest absolute Gasteiger partial charge is 0.196 e. The molecule has 170 valence electrons. The fraction of sp³-hybridized carbons (Fsp3) is 0.481. The van der Waals surface area contributed by atoms with Crippen molar-refractivity contribution in [1.29, 1.82) is 0 Å². The van der Waals surface area contributed by atoms with Crippen LogP contribution in [-0.4, -0.2) is 34.1 Å². The van der Waals surface area contributed by atoms with Crippen molar-refractivity contribution in [3.63, 3.8) is 0 Å². The number of allylic oxidation sites excluding steroid dienone is 5. The first-order valence-electron chi connectivity index (χ1n) is 12.1. The van der Waals surface area contributed by atoms with Crippen LogP contribution in [0, 0.1) is 5.92 Å². The number of hydrogen-bond donors (Lipinski definition) is 0. The maximum Gasteiger partial charge on any atom is 0.196 e. The lowest BCUT2D eigenvalue weighted by molar-refractivity contribution is 0.364. The van der Waals surface area contributed by atoms with E-state index in [2.05, 4.69) is 90.2 Å². The average Bonchev–Trinajstić information content (AvgIpc) is 3.02. The number of aromatic nitrogens is 3.